The molecule has 9 heteroatoms. The molecule has 2 unspecified atom stereocenters. The minimum Gasteiger partial charge on any atom is -0.377 e. The summed E-state index contributed by atoms with van der Waals surface area (Å²) in [5.41, 5.74) is 6.10. The molecule has 0 saturated heterocycles. The highest BCUT2D eigenvalue weighted by Gasteiger charge is 2.49. The first-order valence-corrected chi connectivity index (χ1v) is 10.6. The lowest BCUT2D eigenvalue weighted by Gasteiger charge is -2.34. The Morgan fingerprint density at radius 3 is 1.38 bits per heavy atom. The molecule has 0 aliphatic heterocycles. The van der Waals surface area contributed by atoms with Crippen LogP contribution in [0.15, 0.2) is 0 Å². The van der Waals surface area contributed by atoms with Gasteiger partial charge in [0.2, 0.25) is 0 Å². The summed E-state index contributed by atoms with van der Waals surface area (Å²) >= 11 is 0. The third-order valence-electron chi connectivity index (χ3n) is 3.98. The maximum atomic E-state index is 6.23. The highest BCUT2D eigenvalue weighted by atomic mass is 28.4. The Labute approximate surface area is 130 Å². The zero-order valence-corrected chi connectivity index (χ0v) is 16.3. The quantitative estimate of drug-likeness (QED) is 0.534. The van der Waals surface area contributed by atoms with Crippen LogP contribution in [0.4, 0.5) is 0 Å². The summed E-state index contributed by atoms with van der Waals surface area (Å²) in [6, 6.07) is 0. The van der Waals surface area contributed by atoms with E-state index >= 15 is 0 Å². The van der Waals surface area contributed by atoms with Gasteiger partial charge in [0.1, 0.15) is 0 Å². The smallest absolute Gasteiger partial charge is 0.377 e. The first-order chi connectivity index (χ1) is 9.95. The average molecular weight is 342 g/mol. The zero-order chi connectivity index (χ0) is 16.5. The van der Waals surface area contributed by atoms with E-state index in [4.69, 9.17) is 32.3 Å². The standard InChI is InChI=1S/C12H31NO6Si2/c1-8-11(20(14-2,15-3)16-4)9-10-12(13)21(17-5,18-6)19-7/h11-12H,8-10,13H2,1-7H3. The molecule has 0 amide bonds. The molecule has 0 aromatic rings. The molecule has 0 aromatic heterocycles. The van der Waals surface area contributed by atoms with E-state index in [0.29, 0.717) is 6.42 Å². The van der Waals surface area contributed by atoms with Crippen molar-refractivity contribution in [3.05, 3.63) is 0 Å². The molecule has 0 heterocycles. The summed E-state index contributed by atoms with van der Waals surface area (Å²) in [6.07, 6.45) is 2.37. The Kier molecular flexibility index (Phi) is 10.1. The molecule has 0 aromatic carbocycles. The zero-order valence-electron chi connectivity index (χ0n) is 14.3. The Hall–Kier alpha value is 0.154. The fourth-order valence-electron chi connectivity index (χ4n) is 2.64. The van der Waals surface area contributed by atoms with Gasteiger partial charge in [-0.25, -0.2) is 0 Å². The first kappa shape index (κ1) is 21.2. The lowest BCUT2D eigenvalue weighted by Crippen LogP contribution is -2.59. The molecule has 0 bridgehead atoms. The summed E-state index contributed by atoms with van der Waals surface area (Å²) in [6.45, 7) is 2.09. The number of hydrogen-bond donors (Lipinski definition) is 1. The maximum Gasteiger partial charge on any atom is 0.517 e. The van der Waals surface area contributed by atoms with Crippen molar-refractivity contribution < 1.29 is 26.6 Å². The van der Waals surface area contributed by atoms with Crippen LogP contribution in [0.25, 0.3) is 0 Å². The van der Waals surface area contributed by atoms with E-state index in [1.165, 1.54) is 0 Å². The molecule has 0 radical (unpaired) electrons. The van der Waals surface area contributed by atoms with Crippen LogP contribution in [0.2, 0.25) is 5.54 Å². The van der Waals surface area contributed by atoms with E-state index in [9.17, 15) is 0 Å². The Morgan fingerprint density at radius 1 is 0.714 bits per heavy atom. The van der Waals surface area contributed by atoms with Crippen LogP contribution < -0.4 is 5.73 Å². The van der Waals surface area contributed by atoms with E-state index in [1.807, 2.05) is 0 Å². The molecule has 128 valence electrons. The van der Waals surface area contributed by atoms with Crippen molar-refractivity contribution in [1.82, 2.24) is 0 Å². The minimum absolute atomic E-state index is 0.167. The Bertz CT molecular complexity index is 260. The molecule has 0 fully saturated rings. The van der Waals surface area contributed by atoms with Crippen LogP contribution in [0, 0.1) is 0 Å². The van der Waals surface area contributed by atoms with Crippen LogP contribution >= 0.6 is 0 Å². The highest BCUT2D eigenvalue weighted by molar-refractivity contribution is 6.63. The fraction of sp³-hybridized carbons (Fsp3) is 1.00. The predicted molar refractivity (Wildman–Crippen MR) is 84.8 cm³/mol. The lowest BCUT2D eigenvalue weighted by molar-refractivity contribution is 0.102. The van der Waals surface area contributed by atoms with Crippen molar-refractivity contribution in [3.63, 3.8) is 0 Å². The molecule has 7 nitrogen and oxygen atoms in total. The first-order valence-electron chi connectivity index (χ1n) is 7.02. The van der Waals surface area contributed by atoms with Crippen molar-refractivity contribution in [3.8, 4) is 0 Å². The SMILES string of the molecule is CCC(CCC(N)[Si](OC)(OC)OC)[Si](OC)(OC)OC. The van der Waals surface area contributed by atoms with Crippen LogP contribution in [-0.2, 0) is 26.6 Å². The third-order valence-corrected chi connectivity index (χ3v) is 10.3. The molecule has 0 saturated carbocycles. The molecular weight excluding hydrogens is 310 g/mol. The molecule has 0 spiro atoms. The number of hydrogen-bond acceptors (Lipinski definition) is 7. The summed E-state index contributed by atoms with van der Waals surface area (Å²) in [5.74, 6) is 0. The molecular formula is C12H31NO6Si2. The van der Waals surface area contributed by atoms with E-state index in [0.717, 1.165) is 12.8 Å². The minimum atomic E-state index is -2.82. The molecule has 2 atom stereocenters. The maximum absolute atomic E-state index is 6.23. The second-order valence-corrected chi connectivity index (χ2v) is 11.1. The molecule has 0 aliphatic rings. The summed E-state index contributed by atoms with van der Waals surface area (Å²) in [5, 5.41) is 0. The molecule has 0 rings (SSSR count). The fourth-order valence-corrected chi connectivity index (χ4v) is 7.09. The Morgan fingerprint density at radius 2 is 1.10 bits per heavy atom. The second-order valence-electron chi connectivity index (χ2n) is 4.72. The van der Waals surface area contributed by atoms with Crippen molar-refractivity contribution in [2.75, 3.05) is 42.7 Å². The Balaban J connectivity index is 4.86. The van der Waals surface area contributed by atoms with Gasteiger partial charge in [-0.2, -0.15) is 0 Å². The largest absolute Gasteiger partial charge is 0.517 e. The normalized spacial score (nSPS) is 16.0. The van der Waals surface area contributed by atoms with Gasteiger partial charge in [-0.15, -0.1) is 0 Å². The van der Waals surface area contributed by atoms with Gasteiger partial charge in [0.05, 0.1) is 5.67 Å². The van der Waals surface area contributed by atoms with Crippen LogP contribution in [0.5, 0.6) is 0 Å². The van der Waals surface area contributed by atoms with Crippen molar-refractivity contribution in [2.45, 2.75) is 37.4 Å². The third kappa shape index (κ3) is 4.81. The van der Waals surface area contributed by atoms with Gasteiger partial charge in [-0.1, -0.05) is 6.92 Å². The summed E-state index contributed by atoms with van der Waals surface area (Å²) < 4.78 is 32.9. The van der Waals surface area contributed by atoms with E-state index in [1.54, 1.807) is 42.7 Å². The highest BCUT2D eigenvalue weighted by Crippen LogP contribution is 2.33. The lowest BCUT2D eigenvalue weighted by atomic mass is 10.2. The number of rotatable bonds is 12. The van der Waals surface area contributed by atoms with Crippen molar-refractivity contribution in [1.29, 1.82) is 0 Å². The van der Waals surface area contributed by atoms with Gasteiger partial charge >= 0.3 is 17.6 Å². The molecule has 0 aliphatic carbocycles. The predicted octanol–water partition coefficient (Wildman–Crippen LogP) is 1.17. The van der Waals surface area contributed by atoms with Crippen LogP contribution in [0.3, 0.4) is 0 Å². The van der Waals surface area contributed by atoms with Gasteiger partial charge in [0.15, 0.2) is 0 Å². The van der Waals surface area contributed by atoms with E-state index in [2.05, 4.69) is 6.92 Å². The average Bonchev–Trinajstić information content (AvgIpc) is 2.54. The van der Waals surface area contributed by atoms with Gasteiger partial charge in [0, 0.05) is 48.2 Å². The van der Waals surface area contributed by atoms with Crippen molar-refractivity contribution >= 4 is 17.6 Å². The van der Waals surface area contributed by atoms with Crippen LogP contribution in [0.1, 0.15) is 26.2 Å². The van der Waals surface area contributed by atoms with Gasteiger partial charge in [0.25, 0.3) is 0 Å². The summed E-state index contributed by atoms with van der Waals surface area (Å²) in [4.78, 5) is 0. The van der Waals surface area contributed by atoms with Gasteiger partial charge < -0.3 is 32.3 Å². The van der Waals surface area contributed by atoms with Gasteiger partial charge in [-0.3, -0.25) is 0 Å². The second kappa shape index (κ2) is 10.0. The molecule has 21 heavy (non-hydrogen) atoms. The monoisotopic (exact) mass is 341 g/mol. The summed E-state index contributed by atoms with van der Waals surface area (Å²) in [7, 11) is 4.08. The van der Waals surface area contributed by atoms with E-state index < -0.39 is 17.6 Å². The number of nitrogens with two attached hydrogens (primary N) is 1. The van der Waals surface area contributed by atoms with Crippen LogP contribution in [-0.4, -0.2) is 65.9 Å². The topological polar surface area (TPSA) is 81.4 Å². The van der Waals surface area contributed by atoms with Gasteiger partial charge in [-0.05, 0) is 19.3 Å². The molecule has 2 N–H and O–H groups in total. The van der Waals surface area contributed by atoms with E-state index in [-0.39, 0.29) is 11.2 Å². The van der Waals surface area contributed by atoms with Crippen molar-refractivity contribution in [2.24, 2.45) is 5.73 Å².